The average molecular weight is 271 g/mol. The van der Waals surface area contributed by atoms with Gasteiger partial charge in [-0.05, 0) is 30.7 Å². The van der Waals surface area contributed by atoms with Gasteiger partial charge >= 0.3 is 0 Å². The lowest BCUT2D eigenvalue weighted by atomic mass is 10.0. The molecule has 1 aromatic rings. The summed E-state index contributed by atoms with van der Waals surface area (Å²) in [5, 5.41) is 3.16. The van der Waals surface area contributed by atoms with Crippen molar-refractivity contribution in [1.82, 2.24) is 5.32 Å². The Labute approximate surface area is 120 Å². The van der Waals surface area contributed by atoms with Crippen molar-refractivity contribution in [2.75, 3.05) is 13.2 Å². The number of carbonyl (C=O) groups is 1. The maximum atomic E-state index is 12.2. The molecule has 2 fully saturated rings. The Morgan fingerprint density at radius 3 is 2.80 bits per heavy atom. The van der Waals surface area contributed by atoms with E-state index in [0.29, 0.717) is 12.3 Å². The second-order valence-corrected chi connectivity index (χ2v) is 5.71. The first kappa shape index (κ1) is 13.4. The third-order valence-corrected chi connectivity index (χ3v) is 3.91. The van der Waals surface area contributed by atoms with E-state index >= 15 is 0 Å². The Bertz CT molecular complexity index is 483. The van der Waals surface area contributed by atoms with Crippen molar-refractivity contribution in [3.05, 3.63) is 47.5 Å². The molecule has 1 aliphatic carbocycles. The van der Waals surface area contributed by atoms with Crippen LogP contribution < -0.4 is 5.32 Å². The molecule has 1 amide bonds. The second-order valence-electron chi connectivity index (χ2n) is 5.71. The summed E-state index contributed by atoms with van der Waals surface area (Å²) in [6.07, 6.45) is 6.14. The number of hydrogen-bond acceptors (Lipinski definition) is 2. The topological polar surface area (TPSA) is 38.3 Å². The van der Waals surface area contributed by atoms with Crippen LogP contribution in [0.5, 0.6) is 0 Å². The van der Waals surface area contributed by atoms with Gasteiger partial charge in [-0.2, -0.15) is 0 Å². The van der Waals surface area contributed by atoms with Gasteiger partial charge in [0.25, 0.3) is 0 Å². The van der Waals surface area contributed by atoms with E-state index in [1.165, 1.54) is 18.4 Å². The molecule has 0 bridgehead atoms. The zero-order valence-corrected chi connectivity index (χ0v) is 11.7. The smallest absolute Gasteiger partial charge is 0.221 e. The highest BCUT2D eigenvalue weighted by molar-refractivity contribution is 5.77. The number of amides is 1. The van der Waals surface area contributed by atoms with Crippen LogP contribution in [0.25, 0.3) is 0 Å². The molecular formula is C17H21NO2. The molecule has 1 aromatic carbocycles. The summed E-state index contributed by atoms with van der Waals surface area (Å²) >= 11 is 0. The van der Waals surface area contributed by atoms with Gasteiger partial charge in [-0.3, -0.25) is 4.79 Å². The highest BCUT2D eigenvalue weighted by atomic mass is 16.5. The van der Waals surface area contributed by atoms with E-state index in [4.69, 9.17) is 4.74 Å². The van der Waals surface area contributed by atoms with Crippen molar-refractivity contribution in [3.8, 4) is 0 Å². The maximum Gasteiger partial charge on any atom is 0.221 e. The van der Waals surface area contributed by atoms with Gasteiger partial charge in [0.1, 0.15) is 0 Å². The number of hydrogen-bond donors (Lipinski definition) is 1. The number of rotatable bonds is 5. The summed E-state index contributed by atoms with van der Waals surface area (Å²) in [6.45, 7) is 1.52. The fourth-order valence-corrected chi connectivity index (χ4v) is 2.60. The molecule has 3 nitrogen and oxygen atoms in total. The summed E-state index contributed by atoms with van der Waals surface area (Å²) in [6, 6.07) is 10.2. The fraction of sp³-hybridized carbons (Fsp3) is 0.471. The van der Waals surface area contributed by atoms with Gasteiger partial charge in [-0.1, -0.05) is 42.0 Å². The highest BCUT2D eigenvalue weighted by Crippen LogP contribution is 2.31. The van der Waals surface area contributed by atoms with E-state index in [9.17, 15) is 4.79 Å². The number of carbonyl (C=O) groups excluding carboxylic acids is 1. The van der Waals surface area contributed by atoms with Crippen LogP contribution in [0.2, 0.25) is 0 Å². The van der Waals surface area contributed by atoms with Crippen LogP contribution in [0.3, 0.4) is 0 Å². The van der Waals surface area contributed by atoms with Crippen LogP contribution in [-0.4, -0.2) is 19.1 Å². The maximum absolute atomic E-state index is 12.2. The Hall–Kier alpha value is -1.61. The van der Waals surface area contributed by atoms with Gasteiger partial charge < -0.3 is 10.1 Å². The predicted molar refractivity (Wildman–Crippen MR) is 78.2 cm³/mol. The van der Waals surface area contributed by atoms with Crippen LogP contribution in [0.1, 0.15) is 37.3 Å². The number of allylic oxidation sites excluding steroid dienone is 1. The number of ether oxygens (including phenoxy) is 1. The van der Waals surface area contributed by atoms with Crippen molar-refractivity contribution in [3.63, 3.8) is 0 Å². The average Bonchev–Trinajstić information content (AvgIpc) is 3.14. The molecule has 0 aromatic heterocycles. The molecule has 20 heavy (non-hydrogen) atoms. The lowest BCUT2D eigenvalue weighted by Gasteiger charge is -2.17. The summed E-state index contributed by atoms with van der Waals surface area (Å²) in [5.41, 5.74) is 2.60. The standard InChI is InChI=1S/C17H21NO2/c19-17(11-14-8-9-20-12-14)18-16(10-13-6-7-13)15-4-2-1-3-5-15/h1-5,10,14,16H,6-9,11-12H2,(H,18,19). The Balaban J connectivity index is 1.63. The van der Waals surface area contributed by atoms with Crippen molar-refractivity contribution >= 4 is 5.91 Å². The van der Waals surface area contributed by atoms with E-state index in [-0.39, 0.29) is 11.9 Å². The van der Waals surface area contributed by atoms with E-state index < -0.39 is 0 Å². The third kappa shape index (κ3) is 3.70. The van der Waals surface area contributed by atoms with Crippen molar-refractivity contribution in [2.24, 2.45) is 5.92 Å². The minimum atomic E-state index is 0.0171. The van der Waals surface area contributed by atoms with Crippen molar-refractivity contribution in [2.45, 2.75) is 31.7 Å². The molecule has 2 aliphatic rings. The second kappa shape index (κ2) is 6.23. The van der Waals surface area contributed by atoms with Crippen LogP contribution in [0.15, 0.2) is 42.0 Å². The molecule has 1 N–H and O–H groups in total. The molecule has 0 radical (unpaired) electrons. The predicted octanol–water partition coefficient (Wildman–Crippen LogP) is 2.99. The minimum Gasteiger partial charge on any atom is -0.381 e. The van der Waals surface area contributed by atoms with Crippen LogP contribution in [-0.2, 0) is 9.53 Å². The summed E-state index contributed by atoms with van der Waals surface area (Å²) in [7, 11) is 0. The molecule has 2 atom stereocenters. The van der Waals surface area contributed by atoms with Gasteiger partial charge in [-0.15, -0.1) is 0 Å². The SMILES string of the molecule is O=C(CC1CCOC1)NC(C=C1CC1)c1ccccc1. The minimum absolute atomic E-state index is 0.0171. The third-order valence-electron chi connectivity index (χ3n) is 3.91. The lowest BCUT2D eigenvalue weighted by Crippen LogP contribution is -2.29. The highest BCUT2D eigenvalue weighted by Gasteiger charge is 2.22. The Morgan fingerprint density at radius 2 is 2.15 bits per heavy atom. The molecule has 106 valence electrons. The van der Waals surface area contributed by atoms with Crippen LogP contribution in [0, 0.1) is 5.92 Å². The normalized spacial score (nSPS) is 22.4. The van der Waals surface area contributed by atoms with Gasteiger partial charge in [-0.25, -0.2) is 0 Å². The first-order valence-corrected chi connectivity index (χ1v) is 7.43. The van der Waals surface area contributed by atoms with E-state index in [1.807, 2.05) is 18.2 Å². The Morgan fingerprint density at radius 1 is 1.35 bits per heavy atom. The summed E-state index contributed by atoms with van der Waals surface area (Å²) < 4.78 is 5.33. The molecule has 3 rings (SSSR count). The van der Waals surface area contributed by atoms with Crippen molar-refractivity contribution < 1.29 is 9.53 Å². The molecule has 0 spiro atoms. The van der Waals surface area contributed by atoms with Crippen LogP contribution >= 0.6 is 0 Å². The summed E-state index contributed by atoms with van der Waals surface area (Å²) in [5.74, 6) is 0.520. The van der Waals surface area contributed by atoms with Crippen LogP contribution in [0.4, 0.5) is 0 Å². The zero-order valence-electron chi connectivity index (χ0n) is 11.7. The van der Waals surface area contributed by atoms with Gasteiger partial charge in [0.05, 0.1) is 6.04 Å². The molecule has 1 aliphatic heterocycles. The molecule has 3 heteroatoms. The first-order chi connectivity index (χ1) is 9.81. The molecule has 2 unspecified atom stereocenters. The van der Waals surface area contributed by atoms with Gasteiger partial charge in [0, 0.05) is 19.6 Å². The lowest BCUT2D eigenvalue weighted by molar-refractivity contribution is -0.122. The molecular weight excluding hydrogens is 250 g/mol. The summed E-state index contributed by atoms with van der Waals surface area (Å²) in [4.78, 5) is 12.2. The Kier molecular flexibility index (Phi) is 4.16. The van der Waals surface area contributed by atoms with E-state index in [0.717, 1.165) is 25.2 Å². The van der Waals surface area contributed by atoms with E-state index in [2.05, 4.69) is 23.5 Å². The van der Waals surface area contributed by atoms with Gasteiger partial charge in [0.2, 0.25) is 5.91 Å². The first-order valence-electron chi connectivity index (χ1n) is 7.43. The number of nitrogens with one attached hydrogen (secondary N) is 1. The molecule has 1 saturated carbocycles. The largest absolute Gasteiger partial charge is 0.381 e. The quantitative estimate of drug-likeness (QED) is 0.836. The molecule has 1 heterocycles. The van der Waals surface area contributed by atoms with E-state index in [1.54, 1.807) is 0 Å². The van der Waals surface area contributed by atoms with Crippen molar-refractivity contribution in [1.29, 1.82) is 0 Å². The van der Waals surface area contributed by atoms with Gasteiger partial charge in [0.15, 0.2) is 0 Å². The number of benzene rings is 1. The fourth-order valence-electron chi connectivity index (χ4n) is 2.60. The zero-order chi connectivity index (χ0) is 13.8. The monoisotopic (exact) mass is 271 g/mol. The molecule has 1 saturated heterocycles.